The molecule has 1 fully saturated rings. The summed E-state index contributed by atoms with van der Waals surface area (Å²) in [5.41, 5.74) is 2.21. The Morgan fingerprint density at radius 1 is 1.33 bits per heavy atom. The predicted octanol–water partition coefficient (Wildman–Crippen LogP) is 3.70. The first kappa shape index (κ1) is 13.1. The van der Waals surface area contributed by atoms with Gasteiger partial charge in [-0.25, -0.2) is 0 Å². The summed E-state index contributed by atoms with van der Waals surface area (Å²) >= 11 is 0. The quantitative estimate of drug-likeness (QED) is 0.792. The lowest BCUT2D eigenvalue weighted by Crippen LogP contribution is -2.09. The van der Waals surface area contributed by atoms with Crippen molar-refractivity contribution in [1.29, 1.82) is 0 Å². The maximum absolute atomic E-state index is 12.1. The first-order valence-electron chi connectivity index (χ1n) is 6.84. The highest BCUT2D eigenvalue weighted by Crippen LogP contribution is 2.29. The second-order valence-electron chi connectivity index (χ2n) is 5.39. The van der Waals surface area contributed by atoms with Crippen molar-refractivity contribution in [3.63, 3.8) is 0 Å². The number of aryl methyl sites for hydroxylation is 1. The number of hydrogen-bond donors (Lipinski definition) is 0. The van der Waals surface area contributed by atoms with Gasteiger partial charge in [-0.15, -0.1) is 0 Å². The van der Waals surface area contributed by atoms with E-state index in [2.05, 4.69) is 6.07 Å². The topological polar surface area (TPSA) is 26.3 Å². The Balaban J connectivity index is 1.99. The van der Waals surface area contributed by atoms with Crippen LogP contribution in [0.4, 0.5) is 0 Å². The molecule has 0 heterocycles. The van der Waals surface area contributed by atoms with Gasteiger partial charge in [-0.05, 0) is 18.9 Å². The van der Waals surface area contributed by atoms with Crippen molar-refractivity contribution in [3.05, 3.63) is 29.3 Å². The third-order valence-corrected chi connectivity index (χ3v) is 3.81. The summed E-state index contributed by atoms with van der Waals surface area (Å²) in [6.45, 7) is 2.05. The zero-order chi connectivity index (χ0) is 13.0. The standard InChI is InChI=1S/C16H22O2/c1-12-7-8-16(18-2)14(9-12)11-15(17)10-13-5-3-4-6-13/h7-9,13H,3-6,10-11H2,1-2H3. The molecule has 1 aliphatic carbocycles. The van der Waals surface area contributed by atoms with Crippen LogP contribution in [0.5, 0.6) is 5.75 Å². The van der Waals surface area contributed by atoms with E-state index >= 15 is 0 Å². The third-order valence-electron chi connectivity index (χ3n) is 3.81. The molecule has 0 atom stereocenters. The number of ether oxygens (including phenoxy) is 1. The number of carbonyl (C=O) groups excluding carboxylic acids is 1. The Hall–Kier alpha value is -1.31. The average Bonchev–Trinajstić information content (AvgIpc) is 2.82. The van der Waals surface area contributed by atoms with Crippen LogP contribution >= 0.6 is 0 Å². The fourth-order valence-electron chi connectivity index (χ4n) is 2.87. The largest absolute Gasteiger partial charge is 0.496 e. The lowest BCUT2D eigenvalue weighted by molar-refractivity contribution is -0.119. The smallest absolute Gasteiger partial charge is 0.137 e. The van der Waals surface area contributed by atoms with Crippen LogP contribution in [-0.4, -0.2) is 12.9 Å². The summed E-state index contributed by atoms with van der Waals surface area (Å²) in [4.78, 5) is 12.1. The molecule has 2 rings (SSSR count). The fraction of sp³-hybridized carbons (Fsp3) is 0.562. The van der Waals surface area contributed by atoms with Gasteiger partial charge in [0.15, 0.2) is 0 Å². The van der Waals surface area contributed by atoms with Gasteiger partial charge in [-0.3, -0.25) is 4.79 Å². The molecule has 2 nitrogen and oxygen atoms in total. The SMILES string of the molecule is COc1ccc(C)cc1CC(=O)CC1CCCC1. The van der Waals surface area contributed by atoms with E-state index in [-0.39, 0.29) is 0 Å². The molecule has 18 heavy (non-hydrogen) atoms. The normalized spacial score (nSPS) is 15.9. The average molecular weight is 246 g/mol. The maximum Gasteiger partial charge on any atom is 0.137 e. The molecule has 0 amide bonds. The molecule has 0 saturated heterocycles. The van der Waals surface area contributed by atoms with Gasteiger partial charge in [0.1, 0.15) is 11.5 Å². The zero-order valence-corrected chi connectivity index (χ0v) is 11.4. The number of benzene rings is 1. The Kier molecular flexibility index (Phi) is 4.40. The van der Waals surface area contributed by atoms with E-state index in [0.29, 0.717) is 18.1 Å². The van der Waals surface area contributed by atoms with Crippen molar-refractivity contribution in [2.24, 2.45) is 5.92 Å². The van der Waals surface area contributed by atoms with Crippen LogP contribution in [0, 0.1) is 12.8 Å². The monoisotopic (exact) mass is 246 g/mol. The number of ketones is 1. The first-order valence-corrected chi connectivity index (χ1v) is 6.84. The van der Waals surface area contributed by atoms with Gasteiger partial charge in [0.05, 0.1) is 7.11 Å². The van der Waals surface area contributed by atoms with Crippen LogP contribution < -0.4 is 4.74 Å². The summed E-state index contributed by atoms with van der Waals surface area (Å²) in [5, 5.41) is 0. The Labute approximate surface area is 109 Å². The molecule has 0 N–H and O–H groups in total. The van der Waals surface area contributed by atoms with Crippen LogP contribution in [0.15, 0.2) is 18.2 Å². The molecule has 1 saturated carbocycles. The Morgan fingerprint density at radius 2 is 2.06 bits per heavy atom. The van der Waals surface area contributed by atoms with E-state index < -0.39 is 0 Å². The summed E-state index contributed by atoms with van der Waals surface area (Å²) in [6.07, 6.45) is 6.32. The van der Waals surface area contributed by atoms with Crippen molar-refractivity contribution < 1.29 is 9.53 Å². The van der Waals surface area contributed by atoms with Gasteiger partial charge in [-0.1, -0.05) is 43.4 Å². The molecule has 1 aromatic carbocycles. The molecule has 0 aliphatic heterocycles. The molecule has 0 unspecified atom stereocenters. The lowest BCUT2D eigenvalue weighted by Gasteiger charge is -2.11. The van der Waals surface area contributed by atoms with Crippen molar-refractivity contribution in [3.8, 4) is 5.75 Å². The third kappa shape index (κ3) is 3.34. The minimum atomic E-state index is 0.353. The highest BCUT2D eigenvalue weighted by atomic mass is 16.5. The number of methoxy groups -OCH3 is 1. The van der Waals surface area contributed by atoms with E-state index in [1.807, 2.05) is 19.1 Å². The highest BCUT2D eigenvalue weighted by Gasteiger charge is 2.19. The first-order chi connectivity index (χ1) is 8.69. The minimum Gasteiger partial charge on any atom is -0.496 e. The van der Waals surface area contributed by atoms with Crippen LogP contribution in [0.25, 0.3) is 0 Å². The predicted molar refractivity (Wildman–Crippen MR) is 73.0 cm³/mol. The van der Waals surface area contributed by atoms with Crippen molar-refractivity contribution >= 4 is 5.78 Å². The van der Waals surface area contributed by atoms with Gasteiger partial charge >= 0.3 is 0 Å². The molecule has 2 heteroatoms. The van der Waals surface area contributed by atoms with E-state index in [9.17, 15) is 4.79 Å². The molecule has 0 radical (unpaired) electrons. The molecule has 0 spiro atoms. The second-order valence-corrected chi connectivity index (χ2v) is 5.39. The summed E-state index contributed by atoms with van der Waals surface area (Å²) in [7, 11) is 1.66. The summed E-state index contributed by atoms with van der Waals surface area (Å²) in [6, 6.07) is 6.03. The van der Waals surface area contributed by atoms with Crippen LogP contribution in [-0.2, 0) is 11.2 Å². The number of rotatable bonds is 5. The molecule has 98 valence electrons. The molecule has 0 bridgehead atoms. The fourth-order valence-corrected chi connectivity index (χ4v) is 2.87. The van der Waals surface area contributed by atoms with E-state index in [1.165, 1.54) is 31.2 Å². The van der Waals surface area contributed by atoms with E-state index in [0.717, 1.165) is 17.7 Å². The molecule has 1 aromatic rings. The van der Waals surface area contributed by atoms with E-state index in [1.54, 1.807) is 7.11 Å². The number of hydrogen-bond acceptors (Lipinski definition) is 2. The van der Waals surface area contributed by atoms with Gasteiger partial charge < -0.3 is 4.74 Å². The zero-order valence-electron chi connectivity index (χ0n) is 11.4. The Bertz CT molecular complexity index is 417. The Morgan fingerprint density at radius 3 is 2.72 bits per heavy atom. The lowest BCUT2D eigenvalue weighted by atomic mass is 9.96. The van der Waals surface area contributed by atoms with Gasteiger partial charge in [0.25, 0.3) is 0 Å². The highest BCUT2D eigenvalue weighted by molar-refractivity contribution is 5.81. The number of Topliss-reactive ketones (excluding diaryl/α,β-unsaturated/α-hetero) is 1. The van der Waals surface area contributed by atoms with Crippen LogP contribution in [0.3, 0.4) is 0 Å². The van der Waals surface area contributed by atoms with Crippen LogP contribution in [0.1, 0.15) is 43.2 Å². The van der Waals surface area contributed by atoms with Crippen LogP contribution in [0.2, 0.25) is 0 Å². The molecule has 0 aromatic heterocycles. The number of carbonyl (C=O) groups is 1. The molecule has 1 aliphatic rings. The van der Waals surface area contributed by atoms with Crippen molar-refractivity contribution in [2.75, 3.05) is 7.11 Å². The molecular formula is C16H22O2. The molecular weight excluding hydrogens is 224 g/mol. The van der Waals surface area contributed by atoms with Gasteiger partial charge in [0, 0.05) is 18.4 Å². The second kappa shape index (κ2) is 6.03. The summed E-state index contributed by atoms with van der Waals surface area (Å²) < 4.78 is 5.32. The van der Waals surface area contributed by atoms with Crippen molar-refractivity contribution in [2.45, 2.75) is 45.4 Å². The maximum atomic E-state index is 12.1. The summed E-state index contributed by atoms with van der Waals surface area (Å²) in [5.74, 6) is 1.82. The van der Waals surface area contributed by atoms with Crippen molar-refractivity contribution in [1.82, 2.24) is 0 Å². The van der Waals surface area contributed by atoms with E-state index in [4.69, 9.17) is 4.74 Å². The van der Waals surface area contributed by atoms with Gasteiger partial charge in [0.2, 0.25) is 0 Å². The van der Waals surface area contributed by atoms with Gasteiger partial charge in [-0.2, -0.15) is 0 Å². The minimum absolute atomic E-state index is 0.353.